The van der Waals surface area contributed by atoms with Crippen LogP contribution in [0.25, 0.3) is 28.1 Å². The highest BCUT2D eigenvalue weighted by atomic mass is 35.5. The van der Waals surface area contributed by atoms with Crippen LogP contribution >= 0.6 is 23.2 Å². The van der Waals surface area contributed by atoms with Gasteiger partial charge in [-0.2, -0.15) is 0 Å². The highest BCUT2D eigenvalue weighted by Crippen LogP contribution is 2.31. The number of ether oxygens (including phenoxy) is 2. The topological polar surface area (TPSA) is 109 Å². The quantitative estimate of drug-likeness (QED) is 0.102. The lowest BCUT2D eigenvalue weighted by atomic mass is 10.2. The number of carbonyl (C=O) groups excluding carboxylic acids is 1. The molecule has 0 bridgehead atoms. The number of unbranched alkanes of at least 4 members (excludes halogenated alkanes) is 1. The number of nitrogens with zero attached hydrogens (tertiary/aromatic N) is 5. The third-order valence-electron chi connectivity index (χ3n) is 6.82. The SMILES string of the molecule is CCCCOC(=O)CN(c1ccc2c(ccn2-c2cc(-c3nccn3COCC)ccn2)c1)S(=O)(=O)c1cc(Cl)cc(Cl)c1. The minimum absolute atomic E-state index is 0.141. The Balaban J connectivity index is 1.51. The molecule has 0 fully saturated rings. The van der Waals surface area contributed by atoms with Crippen molar-refractivity contribution in [3.63, 3.8) is 0 Å². The van der Waals surface area contributed by atoms with Gasteiger partial charge in [-0.25, -0.2) is 18.4 Å². The van der Waals surface area contributed by atoms with Crippen LogP contribution in [0.3, 0.4) is 0 Å². The first-order valence-electron chi connectivity index (χ1n) is 14.0. The van der Waals surface area contributed by atoms with Crippen molar-refractivity contribution < 1.29 is 22.7 Å². The van der Waals surface area contributed by atoms with Crippen molar-refractivity contribution in [1.29, 1.82) is 0 Å². The summed E-state index contributed by atoms with van der Waals surface area (Å²) in [5.41, 5.74) is 1.92. The molecule has 0 aliphatic rings. The van der Waals surface area contributed by atoms with Crippen molar-refractivity contribution in [3.8, 4) is 17.2 Å². The first-order valence-corrected chi connectivity index (χ1v) is 16.2. The second kappa shape index (κ2) is 13.8. The summed E-state index contributed by atoms with van der Waals surface area (Å²) in [5, 5.41) is 1.05. The second-order valence-corrected chi connectivity index (χ2v) is 12.6. The van der Waals surface area contributed by atoms with E-state index in [1.165, 1.54) is 18.2 Å². The fourth-order valence-corrected chi connectivity index (χ4v) is 6.78. The van der Waals surface area contributed by atoms with Crippen LogP contribution in [0.5, 0.6) is 0 Å². The third kappa shape index (κ3) is 6.91. The van der Waals surface area contributed by atoms with E-state index in [2.05, 4.69) is 9.97 Å². The van der Waals surface area contributed by atoms with E-state index in [4.69, 9.17) is 32.7 Å². The lowest BCUT2D eigenvalue weighted by molar-refractivity contribution is -0.141. The van der Waals surface area contributed by atoms with Gasteiger partial charge in [0.1, 0.15) is 24.9 Å². The zero-order valence-electron chi connectivity index (χ0n) is 24.2. The lowest BCUT2D eigenvalue weighted by Crippen LogP contribution is -2.36. The number of hydrogen-bond acceptors (Lipinski definition) is 7. The van der Waals surface area contributed by atoms with Crippen molar-refractivity contribution in [2.24, 2.45) is 0 Å². The van der Waals surface area contributed by atoms with E-state index < -0.39 is 22.5 Å². The van der Waals surface area contributed by atoms with E-state index in [-0.39, 0.29) is 27.2 Å². The molecule has 230 valence electrons. The molecule has 0 atom stereocenters. The fourth-order valence-electron chi connectivity index (χ4n) is 4.65. The molecule has 3 heterocycles. The van der Waals surface area contributed by atoms with Crippen molar-refractivity contribution >= 4 is 55.8 Å². The van der Waals surface area contributed by atoms with Gasteiger partial charge in [0, 0.05) is 52.4 Å². The Hall–Kier alpha value is -3.90. The predicted molar refractivity (Wildman–Crippen MR) is 171 cm³/mol. The molecule has 0 amide bonds. The summed E-state index contributed by atoms with van der Waals surface area (Å²) in [6.45, 7) is 4.54. The molecule has 0 unspecified atom stereocenters. The minimum Gasteiger partial charge on any atom is -0.464 e. The van der Waals surface area contributed by atoms with E-state index >= 15 is 0 Å². The Kier molecular flexibility index (Phi) is 9.90. The Bertz CT molecular complexity index is 1870. The molecular formula is C31H31Cl2N5O5S. The maximum Gasteiger partial charge on any atom is 0.326 e. The Labute approximate surface area is 265 Å². The molecule has 13 heteroatoms. The van der Waals surface area contributed by atoms with E-state index in [0.717, 1.165) is 33.0 Å². The maximum absolute atomic E-state index is 13.9. The van der Waals surface area contributed by atoms with Gasteiger partial charge in [-0.3, -0.25) is 9.10 Å². The van der Waals surface area contributed by atoms with Gasteiger partial charge in [-0.1, -0.05) is 36.5 Å². The minimum atomic E-state index is -4.26. The molecule has 0 N–H and O–H groups in total. The number of imidazole rings is 1. The smallest absolute Gasteiger partial charge is 0.326 e. The van der Waals surface area contributed by atoms with Crippen molar-refractivity contribution in [1.82, 2.24) is 19.1 Å². The number of aromatic nitrogens is 4. The highest BCUT2D eigenvalue weighted by molar-refractivity contribution is 7.92. The standard InChI is InChI=1S/C31H31Cl2N5O5S/c1-3-5-14-43-30(39)20-38(44(40,41)27-18-24(32)17-25(33)19-27)26-6-7-28-22(15-26)9-12-37(28)29-16-23(8-10-34-29)31-35-11-13-36(31)21-42-4-2/h6-13,15-19H,3-5,14,20-21H2,1-2H3. The second-order valence-electron chi connectivity index (χ2n) is 9.86. The van der Waals surface area contributed by atoms with Crippen LogP contribution in [0.4, 0.5) is 5.69 Å². The third-order valence-corrected chi connectivity index (χ3v) is 9.01. The number of rotatable bonds is 13. The molecule has 3 aromatic heterocycles. The summed E-state index contributed by atoms with van der Waals surface area (Å²) in [6, 6.07) is 14.8. The van der Waals surface area contributed by atoms with E-state index in [1.807, 2.05) is 53.6 Å². The number of anilines is 1. The summed E-state index contributed by atoms with van der Waals surface area (Å²) in [7, 11) is -4.26. The first-order chi connectivity index (χ1) is 21.2. The molecule has 0 saturated carbocycles. The van der Waals surface area contributed by atoms with Crippen molar-refractivity contribution in [2.45, 2.75) is 38.3 Å². The summed E-state index contributed by atoms with van der Waals surface area (Å²) < 4.78 is 43.4. The van der Waals surface area contributed by atoms with Gasteiger partial charge in [0.05, 0.1) is 22.7 Å². The van der Waals surface area contributed by atoms with Crippen LogP contribution in [0.2, 0.25) is 10.0 Å². The van der Waals surface area contributed by atoms with E-state index in [9.17, 15) is 13.2 Å². The average molecular weight is 657 g/mol. The molecule has 0 aliphatic heterocycles. The zero-order chi connectivity index (χ0) is 31.3. The van der Waals surface area contributed by atoms with Crippen LogP contribution in [-0.2, 0) is 31.0 Å². The highest BCUT2D eigenvalue weighted by Gasteiger charge is 2.29. The number of sulfonamides is 1. The number of esters is 1. The van der Waals surface area contributed by atoms with Gasteiger partial charge < -0.3 is 18.6 Å². The number of fused-ring (bicyclic) bond motifs is 1. The fraction of sp³-hybridized carbons (Fsp3) is 0.258. The zero-order valence-corrected chi connectivity index (χ0v) is 26.5. The number of benzene rings is 2. The normalized spacial score (nSPS) is 11.6. The van der Waals surface area contributed by atoms with Crippen LogP contribution < -0.4 is 4.31 Å². The largest absolute Gasteiger partial charge is 0.464 e. The average Bonchev–Trinajstić information content (AvgIpc) is 3.65. The van der Waals surface area contributed by atoms with E-state index in [0.29, 0.717) is 25.6 Å². The Morgan fingerprint density at radius 3 is 2.50 bits per heavy atom. The summed E-state index contributed by atoms with van der Waals surface area (Å²) in [4.78, 5) is 21.7. The van der Waals surface area contributed by atoms with Gasteiger partial charge in [0.25, 0.3) is 10.0 Å². The van der Waals surface area contributed by atoms with Crippen molar-refractivity contribution in [2.75, 3.05) is 24.1 Å². The molecular weight excluding hydrogens is 625 g/mol. The van der Waals surface area contributed by atoms with Gasteiger partial charge >= 0.3 is 5.97 Å². The molecule has 2 aromatic carbocycles. The summed E-state index contributed by atoms with van der Waals surface area (Å²) in [5.74, 6) is 0.721. The summed E-state index contributed by atoms with van der Waals surface area (Å²) >= 11 is 12.3. The molecule has 0 spiro atoms. The number of carbonyl (C=O) groups is 1. The maximum atomic E-state index is 13.9. The van der Waals surface area contributed by atoms with Gasteiger partial charge in [0.15, 0.2) is 0 Å². The molecule has 10 nitrogen and oxygen atoms in total. The summed E-state index contributed by atoms with van der Waals surface area (Å²) in [6.07, 6.45) is 8.64. The van der Waals surface area contributed by atoms with Crippen molar-refractivity contribution in [3.05, 3.63) is 89.4 Å². The number of halogens is 2. The molecule has 5 aromatic rings. The number of hydrogen-bond donors (Lipinski definition) is 0. The molecule has 0 radical (unpaired) electrons. The molecule has 0 saturated heterocycles. The van der Waals surface area contributed by atoms with Crippen LogP contribution in [0, 0.1) is 0 Å². The monoisotopic (exact) mass is 655 g/mol. The predicted octanol–water partition coefficient (Wildman–Crippen LogP) is 6.73. The van der Waals surface area contributed by atoms with Crippen LogP contribution in [-0.4, -0.2) is 53.2 Å². The molecule has 5 rings (SSSR count). The first kappa shape index (κ1) is 31.5. The Morgan fingerprint density at radius 1 is 0.955 bits per heavy atom. The van der Waals surface area contributed by atoms with Gasteiger partial charge in [0.2, 0.25) is 0 Å². The Morgan fingerprint density at radius 2 is 1.75 bits per heavy atom. The molecule has 44 heavy (non-hydrogen) atoms. The van der Waals surface area contributed by atoms with Crippen LogP contribution in [0.15, 0.2) is 84.3 Å². The van der Waals surface area contributed by atoms with Gasteiger partial charge in [-0.05, 0) is 67.9 Å². The molecule has 0 aliphatic carbocycles. The lowest BCUT2D eigenvalue weighted by Gasteiger charge is -2.24. The van der Waals surface area contributed by atoms with Gasteiger partial charge in [-0.15, -0.1) is 0 Å². The number of pyridine rings is 1. The van der Waals surface area contributed by atoms with Crippen LogP contribution in [0.1, 0.15) is 26.7 Å². The van der Waals surface area contributed by atoms with E-state index in [1.54, 1.807) is 30.6 Å².